The van der Waals surface area contributed by atoms with E-state index >= 15 is 0 Å². The third-order valence-electron chi connectivity index (χ3n) is 7.31. The molecule has 4 amide bonds. The van der Waals surface area contributed by atoms with E-state index in [2.05, 4.69) is 22.5 Å². The lowest BCUT2D eigenvalue weighted by atomic mass is 9.94. The first-order valence-electron chi connectivity index (χ1n) is 13.6. The normalized spacial score (nSPS) is 16.8. The Bertz CT molecular complexity index is 1080. The Kier molecular flexibility index (Phi) is 9.04. The summed E-state index contributed by atoms with van der Waals surface area (Å²) in [5.74, 6) is 0.0333. The van der Waals surface area contributed by atoms with E-state index in [1.807, 2.05) is 59.2 Å². The molecule has 8 heteroatoms. The van der Waals surface area contributed by atoms with Crippen molar-refractivity contribution >= 4 is 29.2 Å². The number of piperazine rings is 1. The molecular formula is C29H39N5O3. The van der Waals surface area contributed by atoms with Gasteiger partial charge in [0.2, 0.25) is 5.91 Å². The molecule has 0 radical (unpaired) electrons. The highest BCUT2D eigenvalue weighted by molar-refractivity contribution is 6.02. The summed E-state index contributed by atoms with van der Waals surface area (Å²) >= 11 is 0. The molecule has 2 saturated heterocycles. The van der Waals surface area contributed by atoms with Crippen LogP contribution in [0, 0.1) is 0 Å². The zero-order chi connectivity index (χ0) is 26.2. The number of anilines is 2. The largest absolute Gasteiger partial charge is 0.367 e. The zero-order valence-electron chi connectivity index (χ0n) is 22.0. The summed E-state index contributed by atoms with van der Waals surface area (Å²) in [4.78, 5) is 45.1. The molecule has 4 rings (SSSR count). The molecule has 2 aromatic carbocycles. The minimum absolute atomic E-state index is 0.00267. The molecule has 2 aromatic rings. The van der Waals surface area contributed by atoms with Gasteiger partial charge in [0.1, 0.15) is 0 Å². The summed E-state index contributed by atoms with van der Waals surface area (Å²) in [5, 5.41) is 5.57. The molecule has 0 aliphatic carbocycles. The Morgan fingerprint density at radius 2 is 1.54 bits per heavy atom. The minimum Gasteiger partial charge on any atom is -0.367 e. The average Bonchev–Trinajstić information content (AvgIpc) is 2.94. The Balaban J connectivity index is 1.50. The van der Waals surface area contributed by atoms with Gasteiger partial charge in [-0.3, -0.25) is 9.59 Å². The van der Waals surface area contributed by atoms with Crippen molar-refractivity contribution < 1.29 is 14.4 Å². The summed E-state index contributed by atoms with van der Waals surface area (Å²) in [7, 11) is 0. The van der Waals surface area contributed by atoms with Gasteiger partial charge >= 0.3 is 6.03 Å². The molecule has 1 unspecified atom stereocenters. The number of likely N-dealkylation sites (tertiary alicyclic amines) is 1. The fourth-order valence-electron chi connectivity index (χ4n) is 5.29. The third kappa shape index (κ3) is 6.42. The van der Waals surface area contributed by atoms with Crippen molar-refractivity contribution in [1.82, 2.24) is 15.1 Å². The fourth-order valence-corrected chi connectivity index (χ4v) is 5.29. The molecule has 8 nitrogen and oxygen atoms in total. The molecule has 0 spiro atoms. The summed E-state index contributed by atoms with van der Waals surface area (Å²) in [6.45, 7) is 8.48. The molecule has 2 aliphatic rings. The van der Waals surface area contributed by atoms with Gasteiger partial charge in [-0.05, 0) is 56.4 Å². The fraction of sp³-hybridized carbons (Fsp3) is 0.483. The van der Waals surface area contributed by atoms with Gasteiger partial charge in [0.05, 0.1) is 11.5 Å². The van der Waals surface area contributed by atoms with E-state index in [0.717, 1.165) is 50.0 Å². The Hall–Kier alpha value is -3.55. The standard InChI is InChI=1S/C29H39N5O3/c1-3-24(22-11-7-5-8-12-22)27(35)34-19-17-32(18-20-34)26-14-13-23(31-29(37)30-4-2)21-25(26)28(36)33-15-9-6-10-16-33/h5,7-8,11-14,21,24H,3-4,6,9-10,15-20H2,1-2H3,(H2,30,31,37). The molecule has 2 heterocycles. The number of benzene rings is 2. The average molecular weight is 506 g/mol. The number of urea groups is 1. The van der Waals surface area contributed by atoms with Gasteiger partial charge in [-0.15, -0.1) is 0 Å². The zero-order valence-corrected chi connectivity index (χ0v) is 22.0. The highest BCUT2D eigenvalue weighted by Gasteiger charge is 2.30. The van der Waals surface area contributed by atoms with Gasteiger partial charge in [0, 0.05) is 57.2 Å². The Morgan fingerprint density at radius 3 is 2.19 bits per heavy atom. The van der Waals surface area contributed by atoms with Gasteiger partial charge in [-0.2, -0.15) is 0 Å². The van der Waals surface area contributed by atoms with Crippen molar-refractivity contribution in [2.75, 3.05) is 56.0 Å². The topological polar surface area (TPSA) is 85.0 Å². The number of nitrogens with one attached hydrogen (secondary N) is 2. The van der Waals surface area contributed by atoms with Crippen LogP contribution in [-0.2, 0) is 4.79 Å². The van der Waals surface area contributed by atoms with Crippen LogP contribution in [0.1, 0.15) is 61.4 Å². The smallest absolute Gasteiger partial charge is 0.319 e. The third-order valence-corrected chi connectivity index (χ3v) is 7.31. The van der Waals surface area contributed by atoms with Crippen LogP contribution in [0.3, 0.4) is 0 Å². The van der Waals surface area contributed by atoms with Crippen molar-refractivity contribution in [3.8, 4) is 0 Å². The molecule has 0 bridgehead atoms. The number of nitrogens with zero attached hydrogens (tertiary/aromatic N) is 3. The van der Waals surface area contributed by atoms with E-state index in [4.69, 9.17) is 0 Å². The first-order chi connectivity index (χ1) is 18.0. The molecule has 1 atom stereocenters. The van der Waals surface area contributed by atoms with E-state index in [1.54, 1.807) is 6.07 Å². The van der Waals surface area contributed by atoms with E-state index in [-0.39, 0.29) is 23.8 Å². The molecule has 2 N–H and O–H groups in total. The monoisotopic (exact) mass is 505 g/mol. The molecule has 198 valence electrons. The maximum absolute atomic E-state index is 13.6. The summed E-state index contributed by atoms with van der Waals surface area (Å²) in [6, 6.07) is 15.3. The highest BCUT2D eigenvalue weighted by atomic mass is 16.2. The molecule has 0 saturated carbocycles. The number of carbonyl (C=O) groups is 3. The van der Waals surface area contributed by atoms with Crippen LogP contribution in [0.15, 0.2) is 48.5 Å². The number of hydrogen-bond donors (Lipinski definition) is 2. The van der Waals surface area contributed by atoms with Crippen LogP contribution < -0.4 is 15.5 Å². The quantitative estimate of drug-likeness (QED) is 0.588. The Morgan fingerprint density at radius 1 is 0.838 bits per heavy atom. The van der Waals surface area contributed by atoms with Gasteiger partial charge in [-0.1, -0.05) is 37.3 Å². The molecule has 2 aliphatic heterocycles. The first-order valence-corrected chi connectivity index (χ1v) is 13.6. The second-order valence-corrected chi connectivity index (χ2v) is 9.75. The van der Waals surface area contributed by atoms with Crippen molar-refractivity contribution in [2.45, 2.75) is 45.4 Å². The summed E-state index contributed by atoms with van der Waals surface area (Å²) in [5.41, 5.74) is 3.12. The van der Waals surface area contributed by atoms with Gasteiger partial charge in [0.25, 0.3) is 5.91 Å². The van der Waals surface area contributed by atoms with Crippen molar-refractivity contribution in [3.05, 3.63) is 59.7 Å². The van der Waals surface area contributed by atoms with Crippen molar-refractivity contribution in [3.63, 3.8) is 0 Å². The number of amides is 4. The number of hydrogen-bond acceptors (Lipinski definition) is 4. The van der Waals surface area contributed by atoms with Crippen LogP contribution in [0.4, 0.5) is 16.2 Å². The second kappa shape index (κ2) is 12.6. The predicted molar refractivity (Wildman–Crippen MR) is 147 cm³/mol. The van der Waals surface area contributed by atoms with Gasteiger partial charge in [0.15, 0.2) is 0 Å². The molecule has 37 heavy (non-hydrogen) atoms. The molecular weight excluding hydrogens is 466 g/mol. The summed E-state index contributed by atoms with van der Waals surface area (Å²) < 4.78 is 0. The highest BCUT2D eigenvalue weighted by Crippen LogP contribution is 2.29. The van der Waals surface area contributed by atoms with Gasteiger partial charge in [-0.25, -0.2) is 4.79 Å². The number of carbonyl (C=O) groups excluding carboxylic acids is 3. The minimum atomic E-state index is -0.289. The van der Waals surface area contributed by atoms with Crippen molar-refractivity contribution in [1.29, 1.82) is 0 Å². The SMILES string of the molecule is CCNC(=O)Nc1ccc(N2CCN(C(=O)C(CC)c3ccccc3)CC2)c(C(=O)N2CCCCC2)c1. The second-order valence-electron chi connectivity index (χ2n) is 9.75. The van der Waals surface area contributed by atoms with Gasteiger partial charge < -0.3 is 25.3 Å². The van der Waals surface area contributed by atoms with Crippen LogP contribution in [-0.4, -0.2) is 73.5 Å². The lowest BCUT2D eigenvalue weighted by Gasteiger charge is -2.38. The number of piperidine rings is 1. The summed E-state index contributed by atoms with van der Waals surface area (Å²) in [6.07, 6.45) is 3.93. The first kappa shape index (κ1) is 26.5. The van der Waals surface area contributed by atoms with Crippen molar-refractivity contribution in [2.24, 2.45) is 0 Å². The van der Waals surface area contributed by atoms with Crippen LogP contribution in [0.5, 0.6) is 0 Å². The van der Waals surface area contributed by atoms with E-state index in [1.165, 1.54) is 0 Å². The van der Waals surface area contributed by atoms with E-state index in [9.17, 15) is 14.4 Å². The lowest BCUT2D eigenvalue weighted by molar-refractivity contribution is -0.133. The number of rotatable bonds is 7. The maximum atomic E-state index is 13.6. The molecule has 2 fully saturated rings. The molecule has 0 aromatic heterocycles. The van der Waals surface area contributed by atoms with E-state index < -0.39 is 0 Å². The van der Waals surface area contributed by atoms with Crippen LogP contribution in [0.25, 0.3) is 0 Å². The van der Waals surface area contributed by atoms with Crippen LogP contribution >= 0.6 is 0 Å². The van der Waals surface area contributed by atoms with Crippen LogP contribution in [0.2, 0.25) is 0 Å². The maximum Gasteiger partial charge on any atom is 0.319 e. The lowest BCUT2D eigenvalue weighted by Crippen LogP contribution is -2.50. The Labute approximate surface area is 220 Å². The predicted octanol–water partition coefficient (Wildman–Crippen LogP) is 4.30. The van der Waals surface area contributed by atoms with E-state index in [0.29, 0.717) is 44.0 Å².